The first-order valence-electron chi connectivity index (χ1n) is 9.48. The van der Waals surface area contributed by atoms with Crippen LogP contribution in [0.4, 0.5) is 10.1 Å². The summed E-state index contributed by atoms with van der Waals surface area (Å²) in [5.41, 5.74) is 2.11. The van der Waals surface area contributed by atoms with Gasteiger partial charge in [-0.2, -0.15) is 0 Å². The molecular weight excluding hydrogens is 375 g/mol. The van der Waals surface area contributed by atoms with Gasteiger partial charge in [-0.15, -0.1) is 10.2 Å². The van der Waals surface area contributed by atoms with E-state index in [0.717, 1.165) is 48.4 Å². The highest BCUT2D eigenvalue weighted by molar-refractivity contribution is 7.98. The average molecular weight is 399 g/mol. The number of thioether (sulfide) groups is 1. The van der Waals surface area contributed by atoms with Crippen LogP contribution < -0.4 is 5.32 Å². The Balaban J connectivity index is 1.47. The van der Waals surface area contributed by atoms with Crippen molar-refractivity contribution in [2.24, 2.45) is 0 Å². The van der Waals surface area contributed by atoms with Gasteiger partial charge in [-0.05, 0) is 42.7 Å². The van der Waals surface area contributed by atoms with E-state index in [1.165, 1.54) is 17.7 Å². The van der Waals surface area contributed by atoms with Gasteiger partial charge in [-0.25, -0.2) is 4.39 Å². The molecular formula is C21H23FN4OS. The summed E-state index contributed by atoms with van der Waals surface area (Å²) < 4.78 is 21.1. The van der Waals surface area contributed by atoms with E-state index < -0.39 is 0 Å². The Kier molecular flexibility index (Phi) is 6.24. The molecule has 0 unspecified atom stereocenters. The van der Waals surface area contributed by atoms with Gasteiger partial charge in [0.15, 0.2) is 11.0 Å². The van der Waals surface area contributed by atoms with E-state index in [4.69, 9.17) is 4.74 Å². The number of nitrogens with one attached hydrogen (secondary N) is 1. The van der Waals surface area contributed by atoms with Crippen LogP contribution in [0.1, 0.15) is 24.2 Å². The van der Waals surface area contributed by atoms with E-state index >= 15 is 0 Å². The molecule has 4 rings (SSSR count). The molecule has 1 aliphatic rings. The van der Waals surface area contributed by atoms with E-state index in [1.54, 1.807) is 23.9 Å². The molecule has 28 heavy (non-hydrogen) atoms. The lowest BCUT2D eigenvalue weighted by Crippen LogP contribution is -2.19. The van der Waals surface area contributed by atoms with Crippen molar-refractivity contribution in [3.8, 4) is 0 Å². The molecule has 0 bridgehead atoms. The predicted molar refractivity (Wildman–Crippen MR) is 109 cm³/mol. The molecule has 1 aliphatic heterocycles. The third kappa shape index (κ3) is 4.91. The van der Waals surface area contributed by atoms with E-state index in [9.17, 15) is 4.39 Å². The summed E-state index contributed by atoms with van der Waals surface area (Å²) in [7, 11) is 0. The first-order chi connectivity index (χ1) is 13.8. The van der Waals surface area contributed by atoms with E-state index in [0.29, 0.717) is 6.54 Å². The summed E-state index contributed by atoms with van der Waals surface area (Å²) in [5.74, 6) is 1.46. The quantitative estimate of drug-likeness (QED) is 0.566. The van der Waals surface area contributed by atoms with Gasteiger partial charge in [0, 0.05) is 18.0 Å². The summed E-state index contributed by atoms with van der Waals surface area (Å²) in [6.07, 6.45) is 2.37. The average Bonchev–Trinajstić information content (AvgIpc) is 3.37. The monoisotopic (exact) mass is 398 g/mol. The molecule has 0 aliphatic carbocycles. The van der Waals surface area contributed by atoms with Crippen LogP contribution in [-0.2, 0) is 23.6 Å². The largest absolute Gasteiger partial charge is 0.378 e. The SMILES string of the molecule is Fc1ccc(NCc2nnc(SCc3ccccc3)n2C[C@@H]2CCCO2)cc1. The van der Waals surface area contributed by atoms with Gasteiger partial charge in [0.2, 0.25) is 0 Å². The van der Waals surface area contributed by atoms with Gasteiger partial charge in [0.05, 0.1) is 19.2 Å². The molecule has 0 spiro atoms. The van der Waals surface area contributed by atoms with Crippen LogP contribution in [0.25, 0.3) is 0 Å². The topological polar surface area (TPSA) is 52.0 Å². The third-order valence-electron chi connectivity index (χ3n) is 4.71. The zero-order chi connectivity index (χ0) is 19.2. The molecule has 2 aromatic carbocycles. The zero-order valence-electron chi connectivity index (χ0n) is 15.6. The Bertz CT molecular complexity index is 879. The van der Waals surface area contributed by atoms with E-state index in [1.807, 2.05) is 18.2 Å². The van der Waals surface area contributed by atoms with Crippen LogP contribution in [0.15, 0.2) is 59.8 Å². The predicted octanol–water partition coefficient (Wildman–Crippen LogP) is 4.50. The van der Waals surface area contributed by atoms with Crippen LogP contribution in [-0.4, -0.2) is 27.5 Å². The number of hydrogen-bond acceptors (Lipinski definition) is 5. The minimum Gasteiger partial charge on any atom is -0.378 e. The molecule has 0 amide bonds. The summed E-state index contributed by atoms with van der Waals surface area (Å²) in [6.45, 7) is 2.10. The molecule has 2 heterocycles. The van der Waals surface area contributed by atoms with E-state index in [2.05, 4.69) is 32.2 Å². The fourth-order valence-corrected chi connectivity index (χ4v) is 4.13. The number of nitrogens with zero attached hydrogens (tertiary/aromatic N) is 3. The van der Waals surface area contributed by atoms with E-state index in [-0.39, 0.29) is 11.9 Å². The number of aromatic nitrogens is 3. The molecule has 3 aromatic rings. The molecule has 1 saturated heterocycles. The number of benzene rings is 2. The van der Waals surface area contributed by atoms with Crippen molar-refractivity contribution in [1.29, 1.82) is 0 Å². The Morgan fingerprint density at radius 3 is 2.68 bits per heavy atom. The number of anilines is 1. The second-order valence-electron chi connectivity index (χ2n) is 6.78. The smallest absolute Gasteiger partial charge is 0.191 e. The van der Waals surface area contributed by atoms with Crippen LogP contribution >= 0.6 is 11.8 Å². The molecule has 146 valence electrons. The number of halogens is 1. The van der Waals surface area contributed by atoms with Crippen LogP contribution in [0.5, 0.6) is 0 Å². The minimum atomic E-state index is -0.244. The first-order valence-corrected chi connectivity index (χ1v) is 10.5. The van der Waals surface area contributed by atoms with Gasteiger partial charge < -0.3 is 14.6 Å². The maximum Gasteiger partial charge on any atom is 0.191 e. The molecule has 1 aromatic heterocycles. The van der Waals surface area contributed by atoms with Crippen molar-refractivity contribution in [3.63, 3.8) is 0 Å². The maximum atomic E-state index is 13.1. The third-order valence-corrected chi connectivity index (χ3v) is 5.75. The van der Waals surface area contributed by atoms with Crippen molar-refractivity contribution in [2.45, 2.75) is 42.9 Å². The second-order valence-corrected chi connectivity index (χ2v) is 7.72. The van der Waals surface area contributed by atoms with Crippen LogP contribution in [0.3, 0.4) is 0 Å². The molecule has 1 N–H and O–H groups in total. The van der Waals surface area contributed by atoms with Crippen LogP contribution in [0.2, 0.25) is 0 Å². The normalized spacial score (nSPS) is 16.4. The Hall–Kier alpha value is -2.38. The first kappa shape index (κ1) is 19.0. The van der Waals surface area contributed by atoms with Crippen molar-refractivity contribution >= 4 is 17.4 Å². The molecule has 5 nitrogen and oxygen atoms in total. The molecule has 1 atom stereocenters. The summed E-state index contributed by atoms with van der Waals surface area (Å²) in [5, 5.41) is 13.0. The highest BCUT2D eigenvalue weighted by Crippen LogP contribution is 2.24. The number of hydrogen-bond donors (Lipinski definition) is 1. The van der Waals surface area contributed by atoms with Crippen molar-refractivity contribution in [3.05, 3.63) is 71.8 Å². The summed E-state index contributed by atoms with van der Waals surface area (Å²) >= 11 is 1.68. The number of ether oxygens (including phenoxy) is 1. The van der Waals surface area contributed by atoms with Crippen LogP contribution in [0, 0.1) is 5.82 Å². The Morgan fingerprint density at radius 2 is 1.93 bits per heavy atom. The molecule has 7 heteroatoms. The lowest BCUT2D eigenvalue weighted by Gasteiger charge is -2.15. The van der Waals surface area contributed by atoms with Gasteiger partial charge >= 0.3 is 0 Å². The minimum absolute atomic E-state index is 0.205. The Labute approximate surface area is 168 Å². The van der Waals surface area contributed by atoms with Crippen molar-refractivity contribution in [2.75, 3.05) is 11.9 Å². The van der Waals surface area contributed by atoms with Gasteiger partial charge in [-0.3, -0.25) is 0 Å². The highest BCUT2D eigenvalue weighted by Gasteiger charge is 2.21. The van der Waals surface area contributed by atoms with Crippen molar-refractivity contribution < 1.29 is 9.13 Å². The maximum absolute atomic E-state index is 13.1. The molecule has 0 radical (unpaired) electrons. The second kappa shape index (κ2) is 9.21. The standard InChI is InChI=1S/C21H23FN4OS/c22-17-8-10-18(11-9-17)23-13-20-24-25-21(26(20)14-19-7-4-12-27-19)28-15-16-5-2-1-3-6-16/h1-3,5-6,8-11,19,23H,4,7,12-15H2/t19-/m0/s1. The fourth-order valence-electron chi connectivity index (χ4n) is 3.20. The number of rotatable bonds is 8. The van der Waals surface area contributed by atoms with Gasteiger partial charge in [0.25, 0.3) is 0 Å². The fraction of sp³-hybridized carbons (Fsp3) is 0.333. The lowest BCUT2D eigenvalue weighted by molar-refractivity contribution is 0.0942. The zero-order valence-corrected chi connectivity index (χ0v) is 16.4. The van der Waals surface area contributed by atoms with Gasteiger partial charge in [-0.1, -0.05) is 42.1 Å². The molecule has 0 saturated carbocycles. The van der Waals surface area contributed by atoms with Crippen molar-refractivity contribution in [1.82, 2.24) is 14.8 Å². The summed E-state index contributed by atoms with van der Waals surface area (Å²) in [4.78, 5) is 0. The molecule has 1 fully saturated rings. The highest BCUT2D eigenvalue weighted by atomic mass is 32.2. The van der Waals surface area contributed by atoms with Gasteiger partial charge in [0.1, 0.15) is 5.82 Å². The Morgan fingerprint density at radius 1 is 1.11 bits per heavy atom. The lowest BCUT2D eigenvalue weighted by atomic mass is 10.2. The summed E-state index contributed by atoms with van der Waals surface area (Å²) in [6, 6.07) is 16.7.